The number of Topliss-reactive ketones (excluding diaryl/α,β-unsaturated/α-hetero) is 1. The first-order valence-corrected chi connectivity index (χ1v) is 9.34. The van der Waals surface area contributed by atoms with Crippen molar-refractivity contribution in [3.63, 3.8) is 0 Å². The zero-order valence-electron chi connectivity index (χ0n) is 13.5. The van der Waals surface area contributed by atoms with Crippen LogP contribution in [0, 0.1) is 0 Å². The molecule has 0 heterocycles. The number of thioether (sulfide) groups is 1. The van der Waals surface area contributed by atoms with Crippen molar-refractivity contribution in [1.82, 2.24) is 4.90 Å². The van der Waals surface area contributed by atoms with Gasteiger partial charge in [-0.1, -0.05) is 45.2 Å². The summed E-state index contributed by atoms with van der Waals surface area (Å²) in [5.74, 6) is 0.332. The van der Waals surface area contributed by atoms with Crippen molar-refractivity contribution < 1.29 is 4.79 Å². The van der Waals surface area contributed by atoms with E-state index in [9.17, 15) is 4.79 Å². The summed E-state index contributed by atoms with van der Waals surface area (Å²) in [5.41, 5.74) is 0.615. The molecule has 1 aromatic carbocycles. The lowest BCUT2D eigenvalue weighted by atomic mass is 9.75. The first-order valence-electron chi connectivity index (χ1n) is 8.12. The second-order valence-corrected chi connectivity index (χ2v) is 6.70. The molecule has 2 nitrogen and oxygen atoms in total. The van der Waals surface area contributed by atoms with Gasteiger partial charge in [0.15, 0.2) is 5.78 Å². The molecule has 0 radical (unpaired) electrons. The van der Waals surface area contributed by atoms with Crippen LogP contribution in [-0.2, 0) is 0 Å². The number of likely N-dealkylation sites (N-methyl/N-ethyl adjacent to an activating group) is 1. The van der Waals surface area contributed by atoms with E-state index in [-0.39, 0.29) is 5.54 Å². The highest BCUT2D eigenvalue weighted by Crippen LogP contribution is 2.36. The van der Waals surface area contributed by atoms with Gasteiger partial charge in [-0.05, 0) is 44.3 Å². The van der Waals surface area contributed by atoms with Gasteiger partial charge in [-0.25, -0.2) is 0 Å². The molecule has 0 bridgehead atoms. The van der Waals surface area contributed by atoms with Crippen molar-refractivity contribution in [3.8, 4) is 0 Å². The third kappa shape index (κ3) is 3.35. The van der Waals surface area contributed by atoms with E-state index in [0.717, 1.165) is 31.5 Å². The zero-order valence-corrected chi connectivity index (χ0v) is 14.3. The fraction of sp³-hybridized carbons (Fsp3) is 0.611. The van der Waals surface area contributed by atoms with Crippen molar-refractivity contribution in [2.75, 3.05) is 19.3 Å². The number of rotatable bonds is 6. The van der Waals surface area contributed by atoms with Gasteiger partial charge >= 0.3 is 0 Å². The van der Waals surface area contributed by atoms with Crippen molar-refractivity contribution in [2.24, 2.45) is 0 Å². The molecule has 0 amide bonds. The molecular weight excluding hydrogens is 278 g/mol. The highest BCUT2D eigenvalue weighted by Gasteiger charge is 2.43. The summed E-state index contributed by atoms with van der Waals surface area (Å²) >= 11 is 1.72. The standard InChI is InChI=1S/C18H27NOS/c1-4-19(5-2)18(13-7-6-8-14-18)17(20)15-9-11-16(21-3)12-10-15/h9-12H,4-8,13-14H2,1-3H3. The minimum absolute atomic E-state index is 0.261. The Morgan fingerprint density at radius 1 is 1.10 bits per heavy atom. The van der Waals surface area contributed by atoms with Gasteiger partial charge in [-0.15, -0.1) is 11.8 Å². The molecule has 116 valence electrons. The smallest absolute Gasteiger partial charge is 0.183 e. The van der Waals surface area contributed by atoms with Crippen molar-refractivity contribution >= 4 is 17.5 Å². The number of benzene rings is 1. The third-order valence-electron chi connectivity index (χ3n) is 4.82. The largest absolute Gasteiger partial charge is 0.292 e. The Kier molecular flexibility index (Phi) is 5.88. The van der Waals surface area contributed by atoms with E-state index in [1.165, 1.54) is 24.2 Å². The monoisotopic (exact) mass is 305 g/mol. The minimum Gasteiger partial charge on any atom is -0.292 e. The lowest BCUT2D eigenvalue weighted by Crippen LogP contribution is -2.55. The third-order valence-corrected chi connectivity index (χ3v) is 5.57. The lowest BCUT2D eigenvalue weighted by Gasteiger charge is -2.44. The molecule has 1 saturated carbocycles. The molecule has 0 spiro atoms. The van der Waals surface area contributed by atoms with Crippen LogP contribution in [0.2, 0.25) is 0 Å². The molecule has 1 aliphatic carbocycles. The van der Waals surface area contributed by atoms with Gasteiger partial charge in [0.05, 0.1) is 5.54 Å². The fourth-order valence-electron chi connectivity index (χ4n) is 3.66. The van der Waals surface area contributed by atoms with Crippen LogP contribution < -0.4 is 0 Å². The molecule has 0 saturated heterocycles. The maximum Gasteiger partial charge on any atom is 0.183 e. The molecule has 0 N–H and O–H groups in total. The van der Waals surface area contributed by atoms with E-state index in [1.54, 1.807) is 11.8 Å². The summed E-state index contributed by atoms with van der Waals surface area (Å²) in [6, 6.07) is 8.15. The van der Waals surface area contributed by atoms with Crippen LogP contribution in [0.3, 0.4) is 0 Å². The SMILES string of the molecule is CCN(CC)C1(C(=O)c2ccc(SC)cc2)CCCCC1. The minimum atomic E-state index is -0.261. The summed E-state index contributed by atoms with van der Waals surface area (Å²) in [5, 5.41) is 0. The Labute approximate surface area is 133 Å². The van der Waals surface area contributed by atoms with E-state index in [4.69, 9.17) is 0 Å². The Hall–Kier alpha value is -0.800. The van der Waals surface area contributed by atoms with Crippen molar-refractivity contribution in [3.05, 3.63) is 29.8 Å². The Bertz CT molecular complexity index is 459. The van der Waals surface area contributed by atoms with E-state index in [2.05, 4.69) is 37.1 Å². The summed E-state index contributed by atoms with van der Waals surface area (Å²) in [7, 11) is 0. The topological polar surface area (TPSA) is 20.3 Å². The molecule has 1 aliphatic rings. The molecule has 0 unspecified atom stereocenters. The van der Waals surface area contributed by atoms with Crippen LogP contribution in [0.5, 0.6) is 0 Å². The highest BCUT2D eigenvalue weighted by molar-refractivity contribution is 7.98. The molecule has 1 fully saturated rings. The normalized spacial score (nSPS) is 17.9. The average molecular weight is 305 g/mol. The molecule has 2 rings (SSSR count). The quantitative estimate of drug-likeness (QED) is 0.564. The van der Waals surface area contributed by atoms with Crippen LogP contribution in [-0.4, -0.2) is 35.6 Å². The van der Waals surface area contributed by atoms with Gasteiger partial charge in [-0.2, -0.15) is 0 Å². The summed E-state index contributed by atoms with van der Waals surface area (Å²) in [4.78, 5) is 16.8. The molecular formula is C18H27NOS. The fourth-order valence-corrected chi connectivity index (χ4v) is 4.07. The number of ketones is 1. The predicted octanol–water partition coefficient (Wildman–Crippen LogP) is 4.64. The first-order chi connectivity index (χ1) is 10.2. The van der Waals surface area contributed by atoms with E-state index in [0.29, 0.717) is 5.78 Å². The molecule has 3 heteroatoms. The molecule has 0 aromatic heterocycles. The second-order valence-electron chi connectivity index (χ2n) is 5.82. The highest BCUT2D eigenvalue weighted by atomic mass is 32.2. The van der Waals surface area contributed by atoms with Crippen LogP contribution >= 0.6 is 11.8 Å². The number of carbonyl (C=O) groups is 1. The Morgan fingerprint density at radius 3 is 2.14 bits per heavy atom. The van der Waals surface area contributed by atoms with Gasteiger partial charge in [0, 0.05) is 10.5 Å². The van der Waals surface area contributed by atoms with E-state index >= 15 is 0 Å². The van der Waals surface area contributed by atoms with Gasteiger partial charge in [0.25, 0.3) is 0 Å². The average Bonchev–Trinajstić information content (AvgIpc) is 2.56. The van der Waals surface area contributed by atoms with Crippen LogP contribution in [0.15, 0.2) is 29.2 Å². The molecule has 1 aromatic rings. The van der Waals surface area contributed by atoms with Crippen LogP contribution in [0.1, 0.15) is 56.3 Å². The molecule has 0 atom stereocenters. The Balaban J connectivity index is 2.32. The summed E-state index contributed by atoms with van der Waals surface area (Å²) in [6.07, 6.45) is 7.70. The second kappa shape index (κ2) is 7.46. The number of hydrogen-bond donors (Lipinski definition) is 0. The Morgan fingerprint density at radius 2 is 1.67 bits per heavy atom. The first kappa shape index (κ1) is 16.6. The van der Waals surface area contributed by atoms with Gasteiger partial charge in [-0.3, -0.25) is 9.69 Å². The summed E-state index contributed by atoms with van der Waals surface area (Å²) < 4.78 is 0. The number of hydrogen-bond acceptors (Lipinski definition) is 3. The molecule has 0 aliphatic heterocycles. The number of nitrogens with zero attached hydrogens (tertiary/aromatic N) is 1. The van der Waals surface area contributed by atoms with Crippen molar-refractivity contribution in [1.29, 1.82) is 0 Å². The van der Waals surface area contributed by atoms with Crippen molar-refractivity contribution in [2.45, 2.75) is 56.4 Å². The number of carbonyl (C=O) groups excluding carboxylic acids is 1. The predicted molar refractivity (Wildman–Crippen MR) is 91.3 cm³/mol. The van der Waals surface area contributed by atoms with Crippen LogP contribution in [0.25, 0.3) is 0 Å². The molecule has 21 heavy (non-hydrogen) atoms. The maximum atomic E-state index is 13.2. The lowest BCUT2D eigenvalue weighted by molar-refractivity contribution is 0.0418. The zero-order chi connectivity index (χ0) is 15.3. The van der Waals surface area contributed by atoms with Gasteiger partial charge in [0.1, 0.15) is 0 Å². The van der Waals surface area contributed by atoms with Crippen LogP contribution in [0.4, 0.5) is 0 Å². The summed E-state index contributed by atoms with van der Waals surface area (Å²) in [6.45, 7) is 6.24. The maximum absolute atomic E-state index is 13.2. The van der Waals surface area contributed by atoms with E-state index in [1.807, 2.05) is 12.1 Å². The van der Waals surface area contributed by atoms with Gasteiger partial charge < -0.3 is 0 Å². The van der Waals surface area contributed by atoms with E-state index < -0.39 is 0 Å². The van der Waals surface area contributed by atoms with Gasteiger partial charge in [0.2, 0.25) is 0 Å².